The van der Waals surface area contributed by atoms with E-state index in [0.29, 0.717) is 0 Å². The number of halogens is 1. The third kappa shape index (κ3) is 3.36. The van der Waals surface area contributed by atoms with Gasteiger partial charge in [-0.15, -0.1) is 11.3 Å². The van der Waals surface area contributed by atoms with Gasteiger partial charge in [0, 0.05) is 11.5 Å². The average molecular weight is 235 g/mol. The number of rotatable bonds is 4. The topological polar surface area (TPSA) is 9.23 Å². The lowest BCUT2D eigenvalue weighted by Gasteiger charge is -1.97. The number of hydrogen-bond acceptors (Lipinski definition) is 2. The Bertz CT molecular complexity index is 210. The molecule has 0 unspecified atom stereocenters. The molecule has 11 heavy (non-hydrogen) atoms. The van der Waals surface area contributed by atoms with Crippen LogP contribution in [0.5, 0.6) is 0 Å². The molecule has 1 rings (SSSR count). The van der Waals surface area contributed by atoms with E-state index in [9.17, 15) is 0 Å². The molecule has 1 heterocycles. The van der Waals surface area contributed by atoms with E-state index in [-0.39, 0.29) is 0 Å². The van der Waals surface area contributed by atoms with E-state index in [1.807, 2.05) is 0 Å². The summed E-state index contributed by atoms with van der Waals surface area (Å²) in [5.41, 5.74) is 0. The van der Waals surface area contributed by atoms with Gasteiger partial charge in [-0.25, -0.2) is 0 Å². The normalized spacial score (nSPS) is 10.4. The molecule has 0 spiro atoms. The van der Waals surface area contributed by atoms with Gasteiger partial charge in [-0.1, -0.05) is 6.92 Å². The first-order valence-electron chi connectivity index (χ1n) is 3.65. The summed E-state index contributed by atoms with van der Waals surface area (Å²) < 4.78 is 6.55. The van der Waals surface area contributed by atoms with Crippen LogP contribution in [0.2, 0.25) is 0 Å². The van der Waals surface area contributed by atoms with E-state index < -0.39 is 0 Å². The molecular weight excluding hydrogens is 224 g/mol. The molecule has 0 fully saturated rings. The molecule has 0 aliphatic rings. The predicted molar refractivity (Wildman–Crippen MR) is 52.0 cm³/mol. The Morgan fingerprint density at radius 3 is 2.91 bits per heavy atom. The van der Waals surface area contributed by atoms with Crippen LogP contribution in [-0.2, 0) is 11.3 Å². The Labute approximate surface area is 79.5 Å². The molecule has 0 aliphatic heterocycles. The second kappa shape index (κ2) is 4.91. The van der Waals surface area contributed by atoms with Gasteiger partial charge in [-0.2, -0.15) is 0 Å². The molecular formula is C8H11BrOS. The number of thiophene rings is 1. The van der Waals surface area contributed by atoms with Gasteiger partial charge in [-0.05, 0) is 34.5 Å². The molecule has 1 aromatic heterocycles. The molecule has 0 atom stereocenters. The van der Waals surface area contributed by atoms with Crippen LogP contribution < -0.4 is 0 Å². The zero-order chi connectivity index (χ0) is 8.10. The summed E-state index contributed by atoms with van der Waals surface area (Å²) in [4.78, 5) is 1.28. The van der Waals surface area contributed by atoms with Crippen LogP contribution in [0.3, 0.4) is 0 Å². The molecule has 1 nitrogen and oxygen atoms in total. The van der Waals surface area contributed by atoms with Crippen molar-refractivity contribution >= 4 is 27.3 Å². The maximum absolute atomic E-state index is 5.37. The van der Waals surface area contributed by atoms with Crippen LogP contribution >= 0.6 is 27.3 Å². The Morgan fingerprint density at radius 2 is 2.36 bits per heavy atom. The van der Waals surface area contributed by atoms with E-state index in [1.165, 1.54) is 8.66 Å². The Kier molecular flexibility index (Phi) is 4.12. The van der Waals surface area contributed by atoms with Gasteiger partial charge in [0.1, 0.15) is 0 Å². The zero-order valence-electron chi connectivity index (χ0n) is 6.47. The zero-order valence-corrected chi connectivity index (χ0v) is 8.87. The van der Waals surface area contributed by atoms with Crippen LogP contribution in [0.25, 0.3) is 0 Å². The van der Waals surface area contributed by atoms with Crippen molar-refractivity contribution in [3.63, 3.8) is 0 Å². The molecule has 0 aliphatic carbocycles. The molecule has 3 heteroatoms. The Morgan fingerprint density at radius 1 is 1.55 bits per heavy atom. The highest BCUT2D eigenvalue weighted by Crippen LogP contribution is 2.22. The minimum atomic E-state index is 0.754. The summed E-state index contributed by atoms with van der Waals surface area (Å²) in [6.07, 6.45) is 1.09. The SMILES string of the molecule is CCCOCc1ccc(Br)s1. The summed E-state index contributed by atoms with van der Waals surface area (Å²) in [5, 5.41) is 0. The van der Waals surface area contributed by atoms with Crippen LogP contribution in [0.4, 0.5) is 0 Å². The van der Waals surface area contributed by atoms with Gasteiger partial charge in [0.05, 0.1) is 10.4 Å². The van der Waals surface area contributed by atoms with E-state index in [1.54, 1.807) is 11.3 Å². The van der Waals surface area contributed by atoms with Crippen molar-refractivity contribution in [2.45, 2.75) is 20.0 Å². The fourth-order valence-electron chi connectivity index (χ4n) is 0.746. The molecule has 0 N–H and O–H groups in total. The second-order valence-corrected chi connectivity index (χ2v) is 4.81. The summed E-state index contributed by atoms with van der Waals surface area (Å²) in [7, 11) is 0. The van der Waals surface area contributed by atoms with Crippen molar-refractivity contribution in [2.24, 2.45) is 0 Å². The third-order valence-electron chi connectivity index (χ3n) is 1.22. The van der Waals surface area contributed by atoms with Crippen molar-refractivity contribution in [1.82, 2.24) is 0 Å². The highest BCUT2D eigenvalue weighted by atomic mass is 79.9. The van der Waals surface area contributed by atoms with Gasteiger partial charge < -0.3 is 4.74 Å². The van der Waals surface area contributed by atoms with E-state index in [4.69, 9.17) is 4.74 Å². The van der Waals surface area contributed by atoms with E-state index >= 15 is 0 Å². The average Bonchev–Trinajstić information content (AvgIpc) is 2.37. The Balaban J connectivity index is 2.27. The van der Waals surface area contributed by atoms with Crippen molar-refractivity contribution in [3.05, 3.63) is 20.8 Å². The highest BCUT2D eigenvalue weighted by Gasteiger charge is 1.95. The lowest BCUT2D eigenvalue weighted by atomic mass is 10.5. The van der Waals surface area contributed by atoms with Crippen molar-refractivity contribution < 1.29 is 4.74 Å². The first-order chi connectivity index (χ1) is 5.33. The molecule has 0 amide bonds. The fraction of sp³-hybridized carbons (Fsp3) is 0.500. The van der Waals surface area contributed by atoms with Gasteiger partial charge >= 0.3 is 0 Å². The van der Waals surface area contributed by atoms with Crippen LogP contribution in [0, 0.1) is 0 Å². The number of ether oxygens (including phenoxy) is 1. The van der Waals surface area contributed by atoms with Crippen LogP contribution in [-0.4, -0.2) is 6.61 Å². The van der Waals surface area contributed by atoms with Gasteiger partial charge in [0.2, 0.25) is 0 Å². The molecule has 0 saturated heterocycles. The molecule has 0 saturated carbocycles. The maximum atomic E-state index is 5.37. The van der Waals surface area contributed by atoms with Gasteiger partial charge in [-0.3, -0.25) is 0 Å². The standard InChI is InChI=1S/C8H11BrOS/c1-2-5-10-6-7-3-4-8(9)11-7/h3-4H,2,5-6H2,1H3. The van der Waals surface area contributed by atoms with Crippen LogP contribution in [0.15, 0.2) is 15.9 Å². The van der Waals surface area contributed by atoms with Crippen molar-refractivity contribution in [1.29, 1.82) is 0 Å². The second-order valence-electron chi connectivity index (χ2n) is 2.26. The third-order valence-corrected chi connectivity index (χ3v) is 2.82. The highest BCUT2D eigenvalue weighted by molar-refractivity contribution is 9.11. The molecule has 0 aromatic carbocycles. The summed E-state index contributed by atoms with van der Waals surface area (Å²) in [6, 6.07) is 4.14. The minimum absolute atomic E-state index is 0.754. The van der Waals surface area contributed by atoms with Gasteiger partial charge in [0.25, 0.3) is 0 Å². The molecule has 0 bridgehead atoms. The lowest BCUT2D eigenvalue weighted by molar-refractivity contribution is 0.123. The van der Waals surface area contributed by atoms with Crippen molar-refractivity contribution in [3.8, 4) is 0 Å². The summed E-state index contributed by atoms with van der Waals surface area (Å²) >= 11 is 5.13. The predicted octanol–water partition coefficient (Wildman–Crippen LogP) is 3.44. The summed E-state index contributed by atoms with van der Waals surface area (Å²) in [5.74, 6) is 0. The van der Waals surface area contributed by atoms with Crippen LogP contribution in [0.1, 0.15) is 18.2 Å². The minimum Gasteiger partial charge on any atom is -0.376 e. The maximum Gasteiger partial charge on any atom is 0.0809 e. The smallest absolute Gasteiger partial charge is 0.0809 e. The largest absolute Gasteiger partial charge is 0.376 e. The van der Waals surface area contributed by atoms with E-state index in [2.05, 4.69) is 35.0 Å². The van der Waals surface area contributed by atoms with Crippen molar-refractivity contribution in [2.75, 3.05) is 6.61 Å². The summed E-state index contributed by atoms with van der Waals surface area (Å²) in [6.45, 7) is 3.73. The lowest BCUT2D eigenvalue weighted by Crippen LogP contribution is -1.90. The quantitative estimate of drug-likeness (QED) is 0.726. The fourth-order valence-corrected chi connectivity index (χ4v) is 2.17. The monoisotopic (exact) mass is 234 g/mol. The molecule has 1 aromatic rings. The molecule has 0 radical (unpaired) electrons. The van der Waals surface area contributed by atoms with Gasteiger partial charge in [0.15, 0.2) is 0 Å². The first kappa shape index (κ1) is 9.23. The number of hydrogen-bond donors (Lipinski definition) is 0. The molecule has 62 valence electrons. The first-order valence-corrected chi connectivity index (χ1v) is 5.26. The Hall–Kier alpha value is 0.140. The van der Waals surface area contributed by atoms with E-state index in [0.717, 1.165) is 19.6 Å².